The Morgan fingerprint density at radius 1 is 1.33 bits per heavy atom. The Balaban J connectivity index is 2.36. The summed E-state index contributed by atoms with van der Waals surface area (Å²) in [4.78, 5) is 6.28. The summed E-state index contributed by atoms with van der Waals surface area (Å²) in [6, 6.07) is 5.84. The number of aromatic nitrogens is 1. The Bertz CT molecular complexity index is 540. The van der Waals surface area contributed by atoms with Crippen LogP contribution in [0.1, 0.15) is 13.3 Å². The summed E-state index contributed by atoms with van der Waals surface area (Å²) in [5.74, 6) is 0. The number of fused-ring (bicyclic) bond motifs is 1. The number of nitrogen functional groups attached to an aromatic ring is 1. The zero-order chi connectivity index (χ0) is 13.1. The highest BCUT2D eigenvalue weighted by molar-refractivity contribution is 6.00. The molecule has 1 atom stereocenters. The van der Waals surface area contributed by atoms with Gasteiger partial charge in [0.05, 0.1) is 6.10 Å². The summed E-state index contributed by atoms with van der Waals surface area (Å²) in [6.07, 6.45) is 4.03. The highest BCUT2D eigenvalue weighted by Gasteiger charge is 2.09. The van der Waals surface area contributed by atoms with Gasteiger partial charge in [-0.3, -0.25) is 4.98 Å². The molecule has 0 saturated carbocycles. The summed E-state index contributed by atoms with van der Waals surface area (Å²) in [6.45, 7) is 2.60. The lowest BCUT2D eigenvalue weighted by molar-refractivity contribution is 0.187. The lowest BCUT2D eigenvalue weighted by Crippen LogP contribution is -2.22. The largest absolute Gasteiger partial charge is 0.398 e. The van der Waals surface area contributed by atoms with Gasteiger partial charge in [0.1, 0.15) is 0 Å². The Morgan fingerprint density at radius 2 is 2.11 bits per heavy atom. The molecule has 0 amide bonds. The van der Waals surface area contributed by atoms with Crippen molar-refractivity contribution in [2.24, 2.45) is 0 Å². The van der Waals surface area contributed by atoms with Gasteiger partial charge in [-0.05, 0) is 31.5 Å². The number of nitrogens with zero attached hydrogens (tertiary/aromatic N) is 2. The molecule has 0 saturated heterocycles. The van der Waals surface area contributed by atoms with Crippen LogP contribution in [0, 0.1) is 0 Å². The van der Waals surface area contributed by atoms with Gasteiger partial charge in [0, 0.05) is 48.1 Å². The van der Waals surface area contributed by atoms with E-state index >= 15 is 0 Å². The molecule has 96 valence electrons. The molecule has 2 rings (SSSR count). The second kappa shape index (κ2) is 5.23. The van der Waals surface area contributed by atoms with Crippen molar-refractivity contribution in [3.8, 4) is 0 Å². The fourth-order valence-corrected chi connectivity index (χ4v) is 2.03. The van der Waals surface area contributed by atoms with Gasteiger partial charge < -0.3 is 15.7 Å². The lowest BCUT2D eigenvalue weighted by Gasteiger charge is -2.22. The van der Waals surface area contributed by atoms with Crippen LogP contribution in [-0.4, -0.2) is 29.8 Å². The van der Waals surface area contributed by atoms with E-state index in [4.69, 9.17) is 5.73 Å². The predicted octanol–water partition coefficient (Wildman–Crippen LogP) is 2.02. The maximum atomic E-state index is 9.35. The fourth-order valence-electron chi connectivity index (χ4n) is 2.03. The molecule has 2 aromatic rings. The number of pyridine rings is 1. The molecular formula is C14H19N3O. The van der Waals surface area contributed by atoms with Gasteiger partial charge in [0.2, 0.25) is 0 Å². The third-order valence-corrected chi connectivity index (χ3v) is 3.12. The van der Waals surface area contributed by atoms with Crippen molar-refractivity contribution in [2.75, 3.05) is 24.2 Å². The molecule has 3 N–H and O–H groups in total. The third-order valence-electron chi connectivity index (χ3n) is 3.12. The fraction of sp³-hybridized carbons (Fsp3) is 0.357. The van der Waals surface area contributed by atoms with Gasteiger partial charge in [-0.25, -0.2) is 0 Å². The van der Waals surface area contributed by atoms with Crippen LogP contribution in [0.5, 0.6) is 0 Å². The van der Waals surface area contributed by atoms with E-state index in [-0.39, 0.29) is 6.10 Å². The number of aliphatic hydroxyl groups excluding tert-OH is 1. The summed E-state index contributed by atoms with van der Waals surface area (Å²) in [5.41, 5.74) is 7.82. The number of anilines is 2. The van der Waals surface area contributed by atoms with Crippen molar-refractivity contribution in [3.63, 3.8) is 0 Å². The van der Waals surface area contributed by atoms with Crippen LogP contribution in [0.4, 0.5) is 11.4 Å². The van der Waals surface area contributed by atoms with Crippen molar-refractivity contribution in [2.45, 2.75) is 19.4 Å². The molecule has 0 aliphatic rings. The van der Waals surface area contributed by atoms with E-state index in [1.807, 2.05) is 31.4 Å². The minimum absolute atomic E-state index is 0.286. The molecule has 0 spiro atoms. The van der Waals surface area contributed by atoms with Crippen LogP contribution in [0.2, 0.25) is 0 Å². The second-order valence-corrected chi connectivity index (χ2v) is 4.65. The van der Waals surface area contributed by atoms with Gasteiger partial charge in [-0.15, -0.1) is 0 Å². The van der Waals surface area contributed by atoms with E-state index in [0.717, 1.165) is 35.1 Å². The molecule has 0 aliphatic heterocycles. The minimum atomic E-state index is -0.286. The first kappa shape index (κ1) is 12.6. The van der Waals surface area contributed by atoms with E-state index in [1.165, 1.54) is 0 Å². The summed E-state index contributed by atoms with van der Waals surface area (Å²) in [5, 5.41) is 11.4. The Morgan fingerprint density at radius 3 is 2.83 bits per heavy atom. The molecular weight excluding hydrogens is 226 g/mol. The smallest absolute Gasteiger partial charge is 0.0528 e. The molecule has 1 aromatic heterocycles. The quantitative estimate of drug-likeness (QED) is 0.809. The topological polar surface area (TPSA) is 62.4 Å². The average molecular weight is 245 g/mol. The molecule has 18 heavy (non-hydrogen) atoms. The van der Waals surface area contributed by atoms with E-state index in [1.54, 1.807) is 13.1 Å². The van der Waals surface area contributed by atoms with Crippen LogP contribution in [0.3, 0.4) is 0 Å². The van der Waals surface area contributed by atoms with E-state index < -0.39 is 0 Å². The van der Waals surface area contributed by atoms with Crippen LogP contribution >= 0.6 is 0 Å². The van der Waals surface area contributed by atoms with Crippen molar-refractivity contribution >= 4 is 22.1 Å². The second-order valence-electron chi connectivity index (χ2n) is 4.65. The zero-order valence-corrected chi connectivity index (χ0v) is 10.8. The van der Waals surface area contributed by atoms with E-state index in [0.29, 0.717) is 0 Å². The minimum Gasteiger partial charge on any atom is -0.398 e. The van der Waals surface area contributed by atoms with Gasteiger partial charge in [-0.1, -0.05) is 0 Å². The predicted molar refractivity (Wildman–Crippen MR) is 75.7 cm³/mol. The van der Waals surface area contributed by atoms with Crippen molar-refractivity contribution in [1.29, 1.82) is 0 Å². The first-order chi connectivity index (χ1) is 8.59. The molecule has 0 fully saturated rings. The summed E-state index contributed by atoms with van der Waals surface area (Å²) >= 11 is 0. The van der Waals surface area contributed by atoms with Gasteiger partial charge in [0.15, 0.2) is 0 Å². The van der Waals surface area contributed by atoms with Crippen LogP contribution in [0.15, 0.2) is 30.6 Å². The van der Waals surface area contributed by atoms with Crippen molar-refractivity contribution in [1.82, 2.24) is 4.98 Å². The normalized spacial score (nSPS) is 12.6. The number of benzene rings is 1. The van der Waals surface area contributed by atoms with Gasteiger partial charge in [0.25, 0.3) is 0 Å². The highest BCUT2D eigenvalue weighted by Crippen LogP contribution is 2.29. The van der Waals surface area contributed by atoms with Gasteiger partial charge >= 0.3 is 0 Å². The molecule has 4 nitrogen and oxygen atoms in total. The van der Waals surface area contributed by atoms with Crippen LogP contribution in [-0.2, 0) is 0 Å². The molecule has 4 heteroatoms. The molecule has 1 aromatic carbocycles. The summed E-state index contributed by atoms with van der Waals surface area (Å²) < 4.78 is 0. The maximum absolute atomic E-state index is 9.35. The standard InChI is InChI=1S/C14H19N3O/c1-10(18)6-8-17(2)14-4-3-13(15)11-5-7-16-9-12(11)14/h3-5,7,9-10,18H,6,8,15H2,1-2H3. The van der Waals surface area contributed by atoms with Gasteiger partial charge in [-0.2, -0.15) is 0 Å². The Labute approximate surface area is 107 Å². The Hall–Kier alpha value is -1.81. The Kier molecular flexibility index (Phi) is 3.67. The number of hydrogen-bond acceptors (Lipinski definition) is 4. The van der Waals surface area contributed by atoms with E-state index in [2.05, 4.69) is 9.88 Å². The average Bonchev–Trinajstić information content (AvgIpc) is 2.37. The van der Waals surface area contributed by atoms with Crippen molar-refractivity contribution in [3.05, 3.63) is 30.6 Å². The highest BCUT2D eigenvalue weighted by atomic mass is 16.3. The van der Waals surface area contributed by atoms with Crippen LogP contribution < -0.4 is 10.6 Å². The first-order valence-corrected chi connectivity index (χ1v) is 6.11. The first-order valence-electron chi connectivity index (χ1n) is 6.11. The number of aliphatic hydroxyl groups is 1. The van der Waals surface area contributed by atoms with Crippen molar-refractivity contribution < 1.29 is 5.11 Å². The number of hydrogen-bond donors (Lipinski definition) is 2. The molecule has 1 unspecified atom stereocenters. The van der Waals surface area contributed by atoms with E-state index in [9.17, 15) is 5.11 Å². The molecule has 0 aliphatic carbocycles. The third kappa shape index (κ3) is 2.54. The summed E-state index contributed by atoms with van der Waals surface area (Å²) in [7, 11) is 2.01. The maximum Gasteiger partial charge on any atom is 0.0528 e. The monoisotopic (exact) mass is 245 g/mol. The molecule has 1 heterocycles. The molecule has 0 radical (unpaired) electrons. The molecule has 0 bridgehead atoms. The lowest BCUT2D eigenvalue weighted by atomic mass is 10.1. The van der Waals surface area contributed by atoms with Crippen LogP contribution in [0.25, 0.3) is 10.8 Å². The SMILES string of the molecule is CC(O)CCN(C)c1ccc(N)c2ccncc12. The number of nitrogens with two attached hydrogens (primary N) is 1. The zero-order valence-electron chi connectivity index (χ0n) is 10.8. The number of rotatable bonds is 4.